The number of hydrogen-bond acceptors (Lipinski definition) is 0. The van der Waals surface area contributed by atoms with Crippen molar-refractivity contribution in [3.8, 4) is 0 Å². The minimum absolute atomic E-state index is 0.967. The smallest absolute Gasteiger partial charge is 0.0587 e. The molecule has 0 aromatic carbocycles. The van der Waals surface area contributed by atoms with Gasteiger partial charge in [0.1, 0.15) is 0 Å². The van der Waals surface area contributed by atoms with Crippen molar-refractivity contribution in [3.63, 3.8) is 0 Å². The Bertz CT molecular complexity index is 130. The molecule has 0 fully saturated rings. The summed E-state index contributed by atoms with van der Waals surface area (Å²) in [6.45, 7) is 14.6. The van der Waals surface area contributed by atoms with Crippen LogP contribution in [0.15, 0.2) is 0 Å². The molecule has 0 radical (unpaired) electrons. The Balaban J connectivity index is 4.56. The topological polar surface area (TPSA) is 0 Å². The molecular formula is C13H30Si. The van der Waals surface area contributed by atoms with Crippen LogP contribution in [-0.4, -0.2) is 8.07 Å². The van der Waals surface area contributed by atoms with Crippen molar-refractivity contribution in [1.29, 1.82) is 0 Å². The quantitative estimate of drug-likeness (QED) is 0.493. The van der Waals surface area contributed by atoms with Crippen LogP contribution in [0, 0.1) is 0 Å². The summed E-state index contributed by atoms with van der Waals surface area (Å²) < 4.78 is 0. The summed E-state index contributed by atoms with van der Waals surface area (Å²) in [5.41, 5.74) is 1.93. The summed E-state index contributed by atoms with van der Waals surface area (Å²) in [6.07, 6.45) is 4.23. The lowest BCUT2D eigenvalue weighted by Crippen LogP contribution is -2.40. The molecule has 0 aliphatic carbocycles. The van der Waals surface area contributed by atoms with Crippen molar-refractivity contribution >= 4 is 8.07 Å². The molecule has 0 atom stereocenters. The fraction of sp³-hybridized carbons (Fsp3) is 1.00. The van der Waals surface area contributed by atoms with Gasteiger partial charge in [-0.3, -0.25) is 0 Å². The first-order chi connectivity index (χ1) is 6.51. The van der Waals surface area contributed by atoms with Crippen LogP contribution in [0.4, 0.5) is 0 Å². The van der Waals surface area contributed by atoms with Crippen molar-refractivity contribution in [2.24, 2.45) is 0 Å². The Morgan fingerprint density at radius 3 is 1.57 bits per heavy atom. The summed E-state index contributed by atoms with van der Waals surface area (Å²) in [4.78, 5) is 0. The van der Waals surface area contributed by atoms with E-state index in [0.29, 0.717) is 0 Å². The molecule has 0 saturated heterocycles. The van der Waals surface area contributed by atoms with E-state index in [1.165, 1.54) is 19.3 Å². The van der Waals surface area contributed by atoms with E-state index in [1.807, 2.05) is 0 Å². The summed E-state index contributed by atoms with van der Waals surface area (Å²) in [5, 5.41) is 0. The predicted molar refractivity (Wildman–Crippen MR) is 70.8 cm³/mol. The Morgan fingerprint density at radius 2 is 1.29 bits per heavy atom. The molecular weight excluding hydrogens is 184 g/mol. The fourth-order valence-corrected chi connectivity index (χ4v) is 8.75. The van der Waals surface area contributed by atoms with Gasteiger partial charge in [-0.25, -0.2) is 0 Å². The zero-order chi connectivity index (χ0) is 11.2. The van der Waals surface area contributed by atoms with Gasteiger partial charge in [0.05, 0.1) is 8.07 Å². The summed E-state index contributed by atoms with van der Waals surface area (Å²) >= 11 is 0. The molecule has 0 spiro atoms. The van der Waals surface area contributed by atoms with Gasteiger partial charge in [0.2, 0.25) is 0 Å². The molecule has 0 aromatic rings. The van der Waals surface area contributed by atoms with Gasteiger partial charge in [0, 0.05) is 0 Å². The largest absolute Gasteiger partial charge is 0.0656 e. The minimum atomic E-state index is -0.971. The van der Waals surface area contributed by atoms with E-state index in [0.717, 1.165) is 11.1 Å². The molecule has 0 nitrogen and oxygen atoms in total. The van der Waals surface area contributed by atoms with Crippen LogP contribution in [0.5, 0.6) is 0 Å². The highest BCUT2D eigenvalue weighted by atomic mass is 28.3. The molecule has 0 aliphatic heterocycles. The van der Waals surface area contributed by atoms with E-state index < -0.39 is 8.07 Å². The molecule has 0 bridgehead atoms. The van der Waals surface area contributed by atoms with Crippen molar-refractivity contribution in [2.45, 2.75) is 84.0 Å². The lowest BCUT2D eigenvalue weighted by Gasteiger charge is -2.39. The third-order valence-electron chi connectivity index (χ3n) is 4.01. The zero-order valence-electron chi connectivity index (χ0n) is 11.2. The van der Waals surface area contributed by atoms with Gasteiger partial charge in [0.25, 0.3) is 0 Å². The second-order valence-corrected chi connectivity index (χ2v) is 11.2. The Labute approximate surface area is 92.5 Å². The highest BCUT2D eigenvalue weighted by molar-refractivity contribution is 6.82. The molecule has 0 heterocycles. The molecule has 0 N–H and O–H groups in total. The maximum absolute atomic E-state index is 2.47. The highest BCUT2D eigenvalue weighted by Gasteiger charge is 2.37. The van der Waals surface area contributed by atoms with Crippen molar-refractivity contribution in [1.82, 2.24) is 0 Å². The maximum atomic E-state index is 2.47. The van der Waals surface area contributed by atoms with Crippen LogP contribution in [0.25, 0.3) is 0 Å². The first-order valence-electron chi connectivity index (χ1n) is 6.51. The lowest BCUT2D eigenvalue weighted by molar-refractivity contribution is 0.780. The maximum Gasteiger partial charge on any atom is 0.0587 e. The predicted octanol–water partition coefficient (Wildman–Crippen LogP) is 5.47. The normalized spacial score (nSPS) is 12.9. The van der Waals surface area contributed by atoms with E-state index >= 15 is 0 Å². The van der Waals surface area contributed by atoms with E-state index in [1.54, 1.807) is 12.1 Å². The first kappa shape index (κ1) is 14.2. The molecule has 0 aromatic heterocycles. The summed E-state index contributed by atoms with van der Waals surface area (Å²) in [5.74, 6) is 0. The van der Waals surface area contributed by atoms with Crippen LogP contribution in [0.1, 0.15) is 60.8 Å². The van der Waals surface area contributed by atoms with E-state index in [-0.39, 0.29) is 0 Å². The van der Waals surface area contributed by atoms with E-state index in [9.17, 15) is 0 Å². The van der Waals surface area contributed by atoms with E-state index in [2.05, 4.69) is 41.5 Å². The highest BCUT2D eigenvalue weighted by Crippen LogP contribution is 2.41. The van der Waals surface area contributed by atoms with Gasteiger partial charge in [-0.2, -0.15) is 0 Å². The van der Waals surface area contributed by atoms with Crippen LogP contribution in [-0.2, 0) is 0 Å². The van der Waals surface area contributed by atoms with Crippen molar-refractivity contribution in [3.05, 3.63) is 0 Å². The Morgan fingerprint density at radius 1 is 0.786 bits per heavy atom. The standard InChI is InChI=1S/C13H30Si/c1-7-9-11-14(10-8-2,12(3)4)13(5)6/h12-13H,7-11H2,1-6H3. The molecule has 0 aliphatic rings. The van der Waals surface area contributed by atoms with Gasteiger partial charge in [-0.15, -0.1) is 0 Å². The van der Waals surface area contributed by atoms with Gasteiger partial charge < -0.3 is 0 Å². The van der Waals surface area contributed by atoms with Gasteiger partial charge in [-0.1, -0.05) is 84.0 Å². The number of unbranched alkanes of at least 4 members (excludes halogenated alkanes) is 1. The molecule has 0 unspecified atom stereocenters. The number of rotatable bonds is 7. The Hall–Kier alpha value is 0.217. The SMILES string of the molecule is CCCC[Si](CCC)(C(C)C)C(C)C. The molecule has 86 valence electrons. The first-order valence-corrected chi connectivity index (χ1v) is 9.08. The lowest BCUT2D eigenvalue weighted by atomic mass is 10.4. The van der Waals surface area contributed by atoms with E-state index in [4.69, 9.17) is 0 Å². The Kier molecular flexibility index (Phi) is 6.76. The van der Waals surface area contributed by atoms with Gasteiger partial charge >= 0.3 is 0 Å². The zero-order valence-corrected chi connectivity index (χ0v) is 12.2. The van der Waals surface area contributed by atoms with Crippen LogP contribution >= 0.6 is 0 Å². The van der Waals surface area contributed by atoms with Crippen LogP contribution in [0.3, 0.4) is 0 Å². The summed E-state index contributed by atoms with van der Waals surface area (Å²) in [6, 6.07) is 3.11. The second kappa shape index (κ2) is 6.65. The third-order valence-corrected chi connectivity index (χ3v) is 11.3. The van der Waals surface area contributed by atoms with Crippen molar-refractivity contribution < 1.29 is 0 Å². The average molecular weight is 214 g/mol. The van der Waals surface area contributed by atoms with Crippen LogP contribution < -0.4 is 0 Å². The third kappa shape index (κ3) is 3.41. The number of hydrogen-bond donors (Lipinski definition) is 0. The molecule has 0 saturated carbocycles. The molecule has 1 heteroatoms. The molecule has 0 rings (SSSR count). The van der Waals surface area contributed by atoms with Gasteiger partial charge in [0.15, 0.2) is 0 Å². The average Bonchev–Trinajstić information content (AvgIpc) is 2.11. The second-order valence-electron chi connectivity index (χ2n) is 5.40. The van der Waals surface area contributed by atoms with Crippen LogP contribution in [0.2, 0.25) is 23.2 Å². The molecule has 0 amide bonds. The van der Waals surface area contributed by atoms with Gasteiger partial charge in [-0.05, 0) is 0 Å². The fourth-order valence-electron chi connectivity index (χ4n) is 2.92. The van der Waals surface area contributed by atoms with Crippen molar-refractivity contribution in [2.75, 3.05) is 0 Å². The molecule has 14 heavy (non-hydrogen) atoms. The monoisotopic (exact) mass is 214 g/mol. The minimum Gasteiger partial charge on any atom is -0.0656 e. The summed E-state index contributed by atoms with van der Waals surface area (Å²) in [7, 11) is -0.971.